The Labute approximate surface area is 158 Å². The second kappa shape index (κ2) is 5.30. The summed E-state index contributed by atoms with van der Waals surface area (Å²) in [6, 6.07) is 9.32. The Hall–Kier alpha value is -1.98. The summed E-state index contributed by atoms with van der Waals surface area (Å²) in [6.07, 6.45) is 8.12. The molecule has 2 bridgehead atoms. The maximum absolute atomic E-state index is 13.5. The van der Waals surface area contributed by atoms with Crippen molar-refractivity contribution in [2.24, 2.45) is 23.7 Å². The second-order valence-electron chi connectivity index (χ2n) is 8.52. The first-order valence-electron chi connectivity index (χ1n) is 10.1. The fraction of sp³-hybridized carbons (Fsp3) is 0.545. The van der Waals surface area contributed by atoms with Crippen LogP contribution in [0.25, 0.3) is 0 Å². The lowest BCUT2D eigenvalue weighted by Crippen LogP contribution is -2.71. The average Bonchev–Trinajstić information content (AvgIpc) is 3.42. The van der Waals surface area contributed by atoms with E-state index in [1.54, 1.807) is 0 Å². The number of nitrogens with zero attached hydrogens (tertiary/aromatic N) is 1. The van der Waals surface area contributed by atoms with E-state index in [0.29, 0.717) is 18.9 Å². The first-order valence-corrected chi connectivity index (χ1v) is 10.1. The molecule has 2 spiro atoms. The topological polar surface area (TPSA) is 55.8 Å². The van der Waals surface area contributed by atoms with Crippen LogP contribution in [0.2, 0.25) is 0 Å². The number of rotatable bonds is 1. The highest BCUT2D eigenvalue weighted by Gasteiger charge is 2.75. The Morgan fingerprint density at radius 2 is 1.33 bits per heavy atom. The monoisotopic (exact) mass is 365 g/mol. The van der Waals surface area contributed by atoms with E-state index in [-0.39, 0.29) is 35.5 Å². The van der Waals surface area contributed by atoms with Gasteiger partial charge in [-0.2, -0.15) is 0 Å². The van der Waals surface area contributed by atoms with Crippen molar-refractivity contribution in [3.05, 3.63) is 42.5 Å². The minimum absolute atomic E-state index is 0.0710. The molecule has 3 heterocycles. The van der Waals surface area contributed by atoms with Gasteiger partial charge in [0, 0.05) is 25.0 Å². The van der Waals surface area contributed by atoms with Crippen LogP contribution in [0.4, 0.5) is 5.69 Å². The van der Waals surface area contributed by atoms with Crippen molar-refractivity contribution in [2.75, 3.05) is 18.1 Å². The first kappa shape index (κ1) is 16.0. The minimum Gasteiger partial charge on any atom is -0.371 e. The van der Waals surface area contributed by atoms with Gasteiger partial charge in [-0.3, -0.25) is 14.5 Å². The van der Waals surface area contributed by atoms with Crippen LogP contribution in [-0.2, 0) is 19.1 Å². The van der Waals surface area contributed by atoms with Gasteiger partial charge in [-0.15, -0.1) is 0 Å². The van der Waals surface area contributed by atoms with E-state index in [0.717, 1.165) is 25.7 Å². The maximum atomic E-state index is 13.5. The first-order chi connectivity index (χ1) is 13.2. The number of carbonyl (C=O) groups is 2. The van der Waals surface area contributed by atoms with Gasteiger partial charge in [-0.05, 0) is 37.8 Å². The van der Waals surface area contributed by atoms with Crippen LogP contribution in [0.5, 0.6) is 0 Å². The minimum atomic E-state index is -0.452. The average molecular weight is 365 g/mol. The Morgan fingerprint density at radius 3 is 1.78 bits per heavy atom. The molecule has 5 heteroatoms. The zero-order valence-corrected chi connectivity index (χ0v) is 15.2. The molecule has 0 unspecified atom stereocenters. The highest BCUT2D eigenvalue weighted by molar-refractivity contribution is 6.22. The molecule has 3 aliphatic carbocycles. The van der Waals surface area contributed by atoms with Crippen molar-refractivity contribution < 1.29 is 19.1 Å². The summed E-state index contributed by atoms with van der Waals surface area (Å²) >= 11 is 0. The lowest BCUT2D eigenvalue weighted by molar-refractivity contribution is -0.247. The third kappa shape index (κ3) is 1.73. The van der Waals surface area contributed by atoms with Gasteiger partial charge in [0.05, 0.1) is 17.5 Å². The second-order valence-corrected chi connectivity index (χ2v) is 8.52. The highest BCUT2D eigenvalue weighted by atomic mass is 16.6. The molecular weight excluding hydrogens is 342 g/mol. The normalized spacial score (nSPS) is 44.8. The van der Waals surface area contributed by atoms with Crippen LogP contribution in [0.1, 0.15) is 25.7 Å². The lowest BCUT2D eigenvalue weighted by atomic mass is 9.48. The number of anilines is 1. The van der Waals surface area contributed by atoms with Crippen LogP contribution in [0.15, 0.2) is 42.5 Å². The molecular formula is C22H23NO4. The molecule has 2 amide bonds. The zero-order chi connectivity index (χ0) is 18.2. The molecule has 5 nitrogen and oxygen atoms in total. The van der Waals surface area contributed by atoms with Crippen molar-refractivity contribution in [1.82, 2.24) is 0 Å². The number of para-hydroxylation sites is 1. The molecule has 6 atom stereocenters. The predicted octanol–water partition coefficient (Wildman–Crippen LogP) is 2.71. The van der Waals surface area contributed by atoms with E-state index in [4.69, 9.17) is 9.47 Å². The number of hydrogen-bond acceptors (Lipinski definition) is 4. The van der Waals surface area contributed by atoms with Crippen LogP contribution < -0.4 is 4.90 Å². The van der Waals surface area contributed by atoms with E-state index in [2.05, 4.69) is 12.2 Å². The number of hydrogen-bond donors (Lipinski definition) is 0. The van der Waals surface area contributed by atoms with Crippen molar-refractivity contribution in [3.63, 3.8) is 0 Å². The van der Waals surface area contributed by atoms with Gasteiger partial charge >= 0.3 is 0 Å². The van der Waals surface area contributed by atoms with Crippen LogP contribution in [0, 0.1) is 23.7 Å². The zero-order valence-electron chi connectivity index (χ0n) is 15.2. The van der Waals surface area contributed by atoms with Gasteiger partial charge in [0.1, 0.15) is 11.2 Å². The molecule has 4 fully saturated rings. The maximum Gasteiger partial charge on any atom is 0.238 e. The lowest BCUT2D eigenvalue weighted by Gasteiger charge is -2.61. The smallest absolute Gasteiger partial charge is 0.238 e. The summed E-state index contributed by atoms with van der Waals surface area (Å²) in [7, 11) is 0. The fourth-order valence-corrected chi connectivity index (χ4v) is 6.75. The Bertz CT molecular complexity index is 785. The molecule has 1 aromatic carbocycles. The summed E-state index contributed by atoms with van der Waals surface area (Å²) in [6.45, 7) is 1.42. The third-order valence-corrected chi connectivity index (χ3v) is 7.61. The van der Waals surface area contributed by atoms with Crippen LogP contribution in [0.3, 0.4) is 0 Å². The van der Waals surface area contributed by atoms with Gasteiger partial charge < -0.3 is 9.47 Å². The molecule has 0 radical (unpaired) electrons. The van der Waals surface area contributed by atoms with E-state index in [1.165, 1.54) is 4.90 Å². The SMILES string of the molecule is O=C1[C@@H]2[C@H](C(=O)N1c1ccccc1)[C@H]1C=C[C@H]2[C@@]2(CCCO2)[C@@]12CCCO2. The van der Waals surface area contributed by atoms with Crippen molar-refractivity contribution in [1.29, 1.82) is 0 Å². The molecule has 1 aromatic rings. The van der Waals surface area contributed by atoms with Gasteiger partial charge in [0.25, 0.3) is 0 Å². The molecule has 3 aliphatic heterocycles. The fourth-order valence-electron chi connectivity index (χ4n) is 6.75. The number of benzene rings is 1. The summed E-state index contributed by atoms with van der Waals surface area (Å²) in [4.78, 5) is 28.3. The molecule has 1 saturated carbocycles. The van der Waals surface area contributed by atoms with Crippen LogP contribution >= 0.6 is 0 Å². The van der Waals surface area contributed by atoms with Crippen molar-refractivity contribution in [3.8, 4) is 0 Å². The van der Waals surface area contributed by atoms with Crippen molar-refractivity contribution in [2.45, 2.75) is 36.9 Å². The largest absolute Gasteiger partial charge is 0.371 e. The summed E-state index contributed by atoms with van der Waals surface area (Å²) < 4.78 is 12.9. The Balaban J connectivity index is 1.50. The molecule has 140 valence electrons. The number of ether oxygens (including phenoxy) is 2. The molecule has 6 aliphatic rings. The Kier molecular flexibility index (Phi) is 3.14. The molecule has 27 heavy (non-hydrogen) atoms. The number of amides is 2. The van der Waals surface area contributed by atoms with Crippen LogP contribution in [-0.4, -0.2) is 36.2 Å². The quantitative estimate of drug-likeness (QED) is 0.567. The third-order valence-electron chi connectivity index (χ3n) is 7.61. The van der Waals surface area contributed by atoms with Gasteiger partial charge in [0.15, 0.2) is 0 Å². The molecule has 0 aromatic heterocycles. The van der Waals surface area contributed by atoms with Gasteiger partial charge in [0.2, 0.25) is 11.8 Å². The number of carbonyl (C=O) groups excluding carboxylic acids is 2. The molecule has 0 N–H and O–H groups in total. The summed E-state index contributed by atoms with van der Waals surface area (Å²) in [5.41, 5.74) is -0.233. The standard InChI is InChI=1S/C22H23NO4/c24-19-17-15-8-9-16(18(17)20(25)23(19)14-6-2-1-3-7-14)22(11-5-13-27-22)21(15)10-4-12-26-21/h1-3,6-9,15-18H,4-5,10-13H2/t15-,16-,17-,18+,21-,22+/m1/s1. The highest BCUT2D eigenvalue weighted by Crippen LogP contribution is 2.66. The van der Waals surface area contributed by atoms with Gasteiger partial charge in [-0.25, -0.2) is 0 Å². The van der Waals surface area contributed by atoms with E-state index in [1.807, 2.05) is 30.3 Å². The Morgan fingerprint density at radius 1 is 0.815 bits per heavy atom. The predicted molar refractivity (Wildman–Crippen MR) is 97.9 cm³/mol. The molecule has 7 rings (SSSR count). The van der Waals surface area contributed by atoms with Crippen molar-refractivity contribution >= 4 is 17.5 Å². The number of imide groups is 1. The van der Waals surface area contributed by atoms with E-state index in [9.17, 15) is 9.59 Å². The summed E-state index contributed by atoms with van der Waals surface area (Å²) in [5.74, 6) is -0.977. The van der Waals surface area contributed by atoms with E-state index < -0.39 is 11.2 Å². The molecule has 3 saturated heterocycles. The van der Waals surface area contributed by atoms with Gasteiger partial charge in [-0.1, -0.05) is 30.4 Å². The van der Waals surface area contributed by atoms with E-state index >= 15 is 0 Å². The summed E-state index contributed by atoms with van der Waals surface area (Å²) in [5, 5.41) is 0.